The highest BCUT2D eigenvalue weighted by molar-refractivity contribution is 5.97. The summed E-state index contributed by atoms with van der Waals surface area (Å²) in [4.78, 5) is 22.1. The predicted molar refractivity (Wildman–Crippen MR) is 61.6 cm³/mol. The minimum absolute atomic E-state index is 0.0370. The van der Waals surface area contributed by atoms with Gasteiger partial charge in [0, 0.05) is 0 Å². The quantitative estimate of drug-likeness (QED) is 0.703. The van der Waals surface area contributed by atoms with E-state index in [-0.39, 0.29) is 12.1 Å². The van der Waals surface area contributed by atoms with Crippen LogP contribution in [-0.2, 0) is 9.59 Å². The van der Waals surface area contributed by atoms with Crippen molar-refractivity contribution in [2.45, 2.75) is 19.4 Å². The van der Waals surface area contributed by atoms with Crippen LogP contribution in [0.4, 0.5) is 10.1 Å². The molecule has 1 unspecified atom stereocenters. The smallest absolute Gasteiger partial charge is 0.241 e. The molecule has 2 amide bonds. The molecule has 1 aromatic carbocycles. The van der Waals surface area contributed by atoms with Gasteiger partial charge < -0.3 is 16.8 Å². The largest absolute Gasteiger partial charge is 0.370 e. The minimum atomic E-state index is -1.08. The molecule has 0 aliphatic carbocycles. The monoisotopic (exact) mass is 239 g/mol. The van der Waals surface area contributed by atoms with Crippen LogP contribution in [0.15, 0.2) is 18.2 Å². The van der Waals surface area contributed by atoms with Crippen LogP contribution in [0.1, 0.15) is 12.0 Å². The fourth-order valence-electron chi connectivity index (χ4n) is 1.27. The van der Waals surface area contributed by atoms with E-state index in [2.05, 4.69) is 5.32 Å². The van der Waals surface area contributed by atoms with Crippen LogP contribution in [0.5, 0.6) is 0 Å². The van der Waals surface area contributed by atoms with Gasteiger partial charge in [-0.05, 0) is 24.6 Å². The number of aryl methyl sites for hydroxylation is 1. The summed E-state index contributed by atoms with van der Waals surface area (Å²) >= 11 is 0. The molecule has 1 atom stereocenters. The first kappa shape index (κ1) is 13.1. The second kappa shape index (κ2) is 5.40. The maximum atomic E-state index is 13.3. The lowest BCUT2D eigenvalue weighted by Gasteiger charge is -2.11. The number of carbonyl (C=O) groups is 2. The molecule has 1 aromatic rings. The third kappa shape index (κ3) is 3.84. The van der Waals surface area contributed by atoms with E-state index in [0.29, 0.717) is 0 Å². The number of primary amides is 1. The van der Waals surface area contributed by atoms with Crippen molar-refractivity contribution in [1.82, 2.24) is 0 Å². The molecule has 0 aromatic heterocycles. The molecule has 0 heterocycles. The van der Waals surface area contributed by atoms with E-state index in [9.17, 15) is 14.0 Å². The highest BCUT2D eigenvalue weighted by atomic mass is 19.1. The second-order valence-electron chi connectivity index (χ2n) is 3.75. The Morgan fingerprint density at radius 2 is 2.12 bits per heavy atom. The Labute approximate surface area is 98.0 Å². The summed E-state index contributed by atoms with van der Waals surface area (Å²) < 4.78 is 13.3. The van der Waals surface area contributed by atoms with Gasteiger partial charge >= 0.3 is 0 Å². The van der Waals surface area contributed by atoms with E-state index in [1.54, 1.807) is 13.0 Å². The molecule has 92 valence electrons. The van der Waals surface area contributed by atoms with Gasteiger partial charge in [0.25, 0.3) is 0 Å². The van der Waals surface area contributed by atoms with Crippen LogP contribution in [-0.4, -0.2) is 17.9 Å². The molecule has 5 N–H and O–H groups in total. The lowest BCUT2D eigenvalue weighted by atomic mass is 10.1. The van der Waals surface area contributed by atoms with Gasteiger partial charge in [0.2, 0.25) is 11.8 Å². The number of carbonyl (C=O) groups excluding carboxylic acids is 2. The van der Waals surface area contributed by atoms with E-state index >= 15 is 0 Å². The minimum Gasteiger partial charge on any atom is -0.370 e. The Hall–Kier alpha value is -1.95. The summed E-state index contributed by atoms with van der Waals surface area (Å²) in [5.41, 5.74) is 11.2. The Balaban J connectivity index is 2.73. The highest BCUT2D eigenvalue weighted by Gasteiger charge is 2.17. The van der Waals surface area contributed by atoms with Gasteiger partial charge in [-0.3, -0.25) is 9.59 Å². The van der Waals surface area contributed by atoms with E-state index < -0.39 is 23.7 Å². The molecule has 0 radical (unpaired) electrons. The molecule has 0 aliphatic heterocycles. The van der Waals surface area contributed by atoms with Crippen LogP contribution in [0.25, 0.3) is 0 Å². The maximum Gasteiger partial charge on any atom is 0.241 e. The summed E-state index contributed by atoms with van der Waals surface area (Å²) in [6.45, 7) is 1.76. The molecule has 0 saturated heterocycles. The lowest BCUT2D eigenvalue weighted by molar-refractivity contribution is -0.123. The van der Waals surface area contributed by atoms with Crippen molar-refractivity contribution in [2.75, 3.05) is 5.32 Å². The number of nitrogens with two attached hydrogens (primary N) is 2. The highest BCUT2D eigenvalue weighted by Crippen LogP contribution is 2.15. The van der Waals surface area contributed by atoms with Crippen molar-refractivity contribution < 1.29 is 14.0 Å². The molecule has 0 spiro atoms. The van der Waals surface area contributed by atoms with Crippen molar-refractivity contribution in [1.29, 1.82) is 0 Å². The zero-order chi connectivity index (χ0) is 13.0. The average Bonchev–Trinajstić information content (AvgIpc) is 2.22. The van der Waals surface area contributed by atoms with Crippen molar-refractivity contribution >= 4 is 17.5 Å². The number of hydrogen-bond donors (Lipinski definition) is 3. The molecule has 0 fully saturated rings. The summed E-state index contributed by atoms with van der Waals surface area (Å²) in [7, 11) is 0. The number of amides is 2. The molecule has 0 saturated carbocycles. The van der Waals surface area contributed by atoms with E-state index in [4.69, 9.17) is 11.5 Å². The van der Waals surface area contributed by atoms with E-state index in [0.717, 1.165) is 5.56 Å². The molecule has 5 nitrogen and oxygen atoms in total. The maximum absolute atomic E-state index is 13.3. The van der Waals surface area contributed by atoms with Crippen LogP contribution in [0.3, 0.4) is 0 Å². The Morgan fingerprint density at radius 1 is 1.47 bits per heavy atom. The van der Waals surface area contributed by atoms with Gasteiger partial charge in [0.15, 0.2) is 0 Å². The Kier molecular flexibility index (Phi) is 4.17. The summed E-state index contributed by atoms with van der Waals surface area (Å²) in [5.74, 6) is -1.89. The number of hydrogen-bond acceptors (Lipinski definition) is 3. The fraction of sp³-hybridized carbons (Fsp3) is 0.273. The van der Waals surface area contributed by atoms with E-state index in [1.165, 1.54) is 12.1 Å². The van der Waals surface area contributed by atoms with Crippen molar-refractivity contribution in [3.63, 3.8) is 0 Å². The Morgan fingerprint density at radius 3 is 2.71 bits per heavy atom. The molecule has 1 rings (SSSR count). The first-order chi connectivity index (χ1) is 7.90. The summed E-state index contributed by atoms with van der Waals surface area (Å²) in [5, 5.41) is 2.31. The van der Waals surface area contributed by atoms with Crippen LogP contribution in [0.2, 0.25) is 0 Å². The Bertz CT molecular complexity index is 448. The van der Waals surface area contributed by atoms with Gasteiger partial charge in [-0.2, -0.15) is 0 Å². The third-order valence-electron chi connectivity index (χ3n) is 2.14. The van der Waals surface area contributed by atoms with Crippen LogP contribution < -0.4 is 16.8 Å². The number of anilines is 1. The normalized spacial score (nSPS) is 11.9. The number of benzene rings is 1. The zero-order valence-corrected chi connectivity index (χ0v) is 9.37. The molecular formula is C11H14FN3O2. The van der Waals surface area contributed by atoms with Crippen molar-refractivity contribution in [3.05, 3.63) is 29.6 Å². The average molecular weight is 239 g/mol. The third-order valence-corrected chi connectivity index (χ3v) is 2.14. The number of halogens is 1. The van der Waals surface area contributed by atoms with Gasteiger partial charge in [-0.15, -0.1) is 0 Å². The lowest BCUT2D eigenvalue weighted by Crippen LogP contribution is -2.39. The SMILES string of the molecule is Cc1ccc(F)c(NC(=O)C(N)CC(N)=O)c1. The number of nitrogens with one attached hydrogen (secondary N) is 1. The standard InChI is InChI=1S/C11H14FN3O2/c1-6-2-3-7(12)9(4-6)15-11(17)8(13)5-10(14)16/h2-4,8H,5,13H2,1H3,(H2,14,16)(H,15,17). The fourth-order valence-corrected chi connectivity index (χ4v) is 1.27. The number of rotatable bonds is 4. The van der Waals surface area contributed by atoms with Crippen LogP contribution >= 0.6 is 0 Å². The first-order valence-electron chi connectivity index (χ1n) is 5.01. The zero-order valence-electron chi connectivity index (χ0n) is 9.37. The summed E-state index contributed by atoms with van der Waals surface area (Å²) in [6.07, 6.45) is -0.279. The van der Waals surface area contributed by atoms with Crippen molar-refractivity contribution in [2.24, 2.45) is 11.5 Å². The van der Waals surface area contributed by atoms with E-state index in [1.807, 2.05) is 0 Å². The topological polar surface area (TPSA) is 98.2 Å². The predicted octanol–water partition coefficient (Wildman–Crippen LogP) is 0.275. The molecule has 0 aliphatic rings. The molecule has 17 heavy (non-hydrogen) atoms. The van der Waals surface area contributed by atoms with Gasteiger partial charge in [-0.25, -0.2) is 4.39 Å². The van der Waals surface area contributed by atoms with Crippen LogP contribution in [0, 0.1) is 12.7 Å². The second-order valence-corrected chi connectivity index (χ2v) is 3.75. The molecule has 0 bridgehead atoms. The van der Waals surface area contributed by atoms with Crippen molar-refractivity contribution in [3.8, 4) is 0 Å². The van der Waals surface area contributed by atoms with Gasteiger partial charge in [0.05, 0.1) is 18.2 Å². The molecular weight excluding hydrogens is 225 g/mol. The van der Waals surface area contributed by atoms with Gasteiger partial charge in [-0.1, -0.05) is 6.07 Å². The first-order valence-corrected chi connectivity index (χ1v) is 5.01. The molecule has 6 heteroatoms. The van der Waals surface area contributed by atoms with Gasteiger partial charge in [0.1, 0.15) is 5.82 Å². The summed E-state index contributed by atoms with van der Waals surface area (Å²) in [6, 6.07) is 3.22.